The Morgan fingerprint density at radius 3 is 1.79 bits per heavy atom. The number of hydrogen-bond acceptors (Lipinski definition) is 1. The zero-order valence-corrected chi connectivity index (χ0v) is 29.2. The molecule has 7 rings (SSSR count). The summed E-state index contributed by atoms with van der Waals surface area (Å²) in [5.74, 6) is 0.282. The summed E-state index contributed by atoms with van der Waals surface area (Å²) in [6, 6.07) is 41.2. The summed E-state index contributed by atoms with van der Waals surface area (Å²) in [6.45, 7) is 14.1. The molecule has 1 atom stereocenters. The van der Waals surface area contributed by atoms with Crippen LogP contribution in [-0.4, -0.2) is 0 Å². The Morgan fingerprint density at radius 2 is 1.15 bits per heavy atom. The van der Waals surface area contributed by atoms with E-state index >= 15 is 0 Å². The van der Waals surface area contributed by atoms with E-state index in [4.69, 9.17) is 0 Å². The van der Waals surface area contributed by atoms with Crippen molar-refractivity contribution < 1.29 is 0 Å². The second-order valence-electron chi connectivity index (χ2n) is 14.4. The molecule has 5 aromatic rings. The highest BCUT2D eigenvalue weighted by atomic mass is 15.1. The fraction of sp³-hybridized carbons (Fsp3) is 0.234. The summed E-state index contributed by atoms with van der Waals surface area (Å²) in [5.41, 5.74) is 24.9. The first kappa shape index (κ1) is 31.5. The summed E-state index contributed by atoms with van der Waals surface area (Å²) in [7, 11) is 0. The number of rotatable bonds is 9. The quantitative estimate of drug-likeness (QED) is 0.148. The molecule has 0 N–H and O–H groups in total. The van der Waals surface area contributed by atoms with Crippen molar-refractivity contribution in [3.05, 3.63) is 188 Å². The molecule has 0 amide bonds. The Morgan fingerprint density at radius 1 is 0.583 bits per heavy atom. The smallest absolute Gasteiger partial charge is 0.0481 e. The molecule has 0 bridgehead atoms. The van der Waals surface area contributed by atoms with Crippen LogP contribution in [0, 0.1) is 20.8 Å². The lowest BCUT2D eigenvalue weighted by atomic mass is 9.81. The van der Waals surface area contributed by atoms with Gasteiger partial charge in [0.05, 0.1) is 0 Å². The maximum atomic E-state index is 3.47. The van der Waals surface area contributed by atoms with Crippen molar-refractivity contribution >= 4 is 11.4 Å². The normalized spacial score (nSPS) is 14.6. The van der Waals surface area contributed by atoms with E-state index in [0.717, 1.165) is 25.0 Å². The molecular weight excluding hydrogens is 579 g/mol. The molecule has 0 heterocycles. The molecule has 5 aromatic carbocycles. The van der Waals surface area contributed by atoms with Gasteiger partial charge in [-0.05, 0) is 121 Å². The fourth-order valence-electron chi connectivity index (χ4n) is 7.31. The molecule has 0 aromatic heterocycles. The predicted octanol–water partition coefficient (Wildman–Crippen LogP) is 12.2. The average Bonchev–Trinajstić information content (AvgIpc) is 3.31. The van der Waals surface area contributed by atoms with Crippen LogP contribution >= 0.6 is 0 Å². The van der Waals surface area contributed by atoms with Crippen molar-refractivity contribution in [2.75, 3.05) is 4.90 Å². The van der Waals surface area contributed by atoms with Gasteiger partial charge in [0.2, 0.25) is 0 Å². The number of anilines is 2. The van der Waals surface area contributed by atoms with Gasteiger partial charge in [0, 0.05) is 34.8 Å². The van der Waals surface area contributed by atoms with Gasteiger partial charge in [0.15, 0.2) is 0 Å². The van der Waals surface area contributed by atoms with E-state index < -0.39 is 0 Å². The Labute approximate surface area is 287 Å². The lowest BCUT2D eigenvalue weighted by Crippen LogP contribution is -2.19. The van der Waals surface area contributed by atoms with Crippen LogP contribution in [0.1, 0.15) is 77.6 Å². The van der Waals surface area contributed by atoms with Crippen LogP contribution in [0.2, 0.25) is 0 Å². The molecule has 0 aliphatic heterocycles. The van der Waals surface area contributed by atoms with E-state index in [1.54, 1.807) is 0 Å². The van der Waals surface area contributed by atoms with Crippen LogP contribution in [0.25, 0.3) is 11.1 Å². The highest BCUT2D eigenvalue weighted by Gasteiger charge is 2.36. The van der Waals surface area contributed by atoms with Crippen LogP contribution in [0.15, 0.2) is 144 Å². The first-order valence-electron chi connectivity index (χ1n) is 17.3. The largest absolute Gasteiger partial charge is 0.337 e. The molecule has 1 unspecified atom stereocenters. The molecule has 238 valence electrons. The van der Waals surface area contributed by atoms with Crippen molar-refractivity contribution in [2.45, 2.75) is 72.3 Å². The summed E-state index contributed by atoms with van der Waals surface area (Å²) in [4.78, 5) is 2.46. The Balaban J connectivity index is 1.19. The topological polar surface area (TPSA) is 3.24 Å². The third-order valence-corrected chi connectivity index (χ3v) is 10.3. The zero-order valence-electron chi connectivity index (χ0n) is 29.2. The maximum Gasteiger partial charge on any atom is 0.0481 e. The number of hydrogen-bond donors (Lipinski definition) is 0. The minimum atomic E-state index is -0.102. The molecule has 48 heavy (non-hydrogen) atoms. The van der Waals surface area contributed by atoms with Gasteiger partial charge < -0.3 is 4.90 Å². The predicted molar refractivity (Wildman–Crippen MR) is 203 cm³/mol. The number of aryl methyl sites for hydroxylation is 4. The van der Waals surface area contributed by atoms with Gasteiger partial charge in [-0.2, -0.15) is 0 Å². The molecule has 0 saturated heterocycles. The molecule has 0 spiro atoms. The molecule has 0 radical (unpaired) electrons. The van der Waals surface area contributed by atoms with Crippen LogP contribution < -0.4 is 4.90 Å². The number of allylic oxidation sites excluding steroid dienone is 4. The van der Waals surface area contributed by atoms with Gasteiger partial charge in [-0.1, -0.05) is 127 Å². The first-order chi connectivity index (χ1) is 23.2. The third-order valence-electron chi connectivity index (χ3n) is 10.3. The summed E-state index contributed by atoms with van der Waals surface area (Å²) in [6.07, 6.45) is 6.42. The van der Waals surface area contributed by atoms with Gasteiger partial charge in [-0.25, -0.2) is 0 Å². The summed E-state index contributed by atoms with van der Waals surface area (Å²) in [5, 5.41) is 0. The van der Waals surface area contributed by atoms with Crippen LogP contribution in [-0.2, 0) is 18.4 Å². The maximum absolute atomic E-state index is 3.47. The van der Waals surface area contributed by atoms with E-state index in [0.29, 0.717) is 0 Å². The Kier molecular flexibility index (Phi) is 8.45. The van der Waals surface area contributed by atoms with Crippen molar-refractivity contribution in [2.24, 2.45) is 0 Å². The average molecular weight is 624 g/mol. The van der Waals surface area contributed by atoms with Gasteiger partial charge in [-0.3, -0.25) is 0 Å². The van der Waals surface area contributed by atoms with Crippen LogP contribution in [0.3, 0.4) is 0 Å². The van der Waals surface area contributed by atoms with Crippen molar-refractivity contribution in [1.82, 2.24) is 0 Å². The zero-order chi connectivity index (χ0) is 33.4. The number of fused-ring (bicyclic) bond motifs is 3. The van der Waals surface area contributed by atoms with E-state index in [2.05, 4.69) is 179 Å². The molecule has 0 fully saturated rings. The third kappa shape index (κ3) is 6.28. The van der Waals surface area contributed by atoms with Gasteiger partial charge in [-0.15, -0.1) is 0 Å². The minimum absolute atomic E-state index is 0.102. The standard InChI is InChI=1S/C47H45N/c1-32-7-15-37(16-8-32)31-48(40-23-13-35(4)14-24-40)41-25-28-44-43-27-18-36(29-45(43)47(5,6)46(44)30-41)17-26-42(38-19-9-33(2)10-20-38)39-21-11-34(3)12-22-39/h7-11,13-16,18-21,23-25,27-30,42H,17,26,31H2,1-6H3. The fourth-order valence-corrected chi connectivity index (χ4v) is 7.31. The molecule has 2 aliphatic carbocycles. The molecular formula is C47H45N. The van der Waals surface area contributed by atoms with E-state index in [9.17, 15) is 0 Å². The highest BCUT2D eigenvalue weighted by molar-refractivity contribution is 5.83. The first-order valence-corrected chi connectivity index (χ1v) is 17.3. The lowest BCUT2D eigenvalue weighted by molar-refractivity contribution is 0.656. The molecule has 0 saturated carbocycles. The molecule has 1 nitrogen and oxygen atoms in total. The second-order valence-corrected chi connectivity index (χ2v) is 14.4. The van der Waals surface area contributed by atoms with Crippen LogP contribution in [0.4, 0.5) is 11.4 Å². The van der Waals surface area contributed by atoms with Gasteiger partial charge in [0.1, 0.15) is 0 Å². The highest BCUT2D eigenvalue weighted by Crippen LogP contribution is 2.50. The summed E-state index contributed by atoms with van der Waals surface area (Å²) < 4.78 is 0. The second kappa shape index (κ2) is 12.9. The van der Waals surface area contributed by atoms with Crippen molar-refractivity contribution in [3.63, 3.8) is 0 Å². The molecule has 1 heteroatoms. The number of nitrogens with zero attached hydrogens (tertiary/aromatic N) is 1. The monoisotopic (exact) mass is 623 g/mol. The summed E-state index contributed by atoms with van der Waals surface area (Å²) >= 11 is 0. The van der Waals surface area contributed by atoms with E-state index in [-0.39, 0.29) is 11.3 Å². The number of benzene rings is 5. The lowest BCUT2D eigenvalue weighted by Gasteiger charge is -2.28. The van der Waals surface area contributed by atoms with Crippen molar-refractivity contribution in [3.8, 4) is 11.1 Å². The van der Waals surface area contributed by atoms with Gasteiger partial charge in [0.25, 0.3) is 0 Å². The Bertz CT molecular complexity index is 2110. The van der Waals surface area contributed by atoms with E-state index in [1.165, 1.54) is 72.6 Å². The Hall–Kier alpha value is -5.06. The van der Waals surface area contributed by atoms with Crippen molar-refractivity contribution in [1.29, 1.82) is 0 Å². The van der Waals surface area contributed by atoms with E-state index in [1.807, 2.05) is 0 Å². The SMILES string of the molecule is CC1=C=C=C(C(CCc2ccc3c(c2)C(C)(C)c2cc(N(Cc4ccc(C)cc4)c4ccc(C)cc4)ccc2-3)c2ccc(C)cc2)C=C1. The van der Waals surface area contributed by atoms with Crippen LogP contribution in [0.5, 0.6) is 0 Å². The van der Waals surface area contributed by atoms with Gasteiger partial charge >= 0.3 is 0 Å². The molecule has 2 aliphatic rings. The minimum Gasteiger partial charge on any atom is -0.337 e.